The zero-order chi connectivity index (χ0) is 11.3. The quantitative estimate of drug-likeness (QED) is 0.791. The van der Waals surface area contributed by atoms with E-state index in [0.717, 1.165) is 5.57 Å². The smallest absolute Gasteiger partial charge is 0.144 e. The maximum absolute atomic E-state index is 13.1. The van der Waals surface area contributed by atoms with Crippen molar-refractivity contribution in [2.45, 2.75) is 6.92 Å². The summed E-state index contributed by atoms with van der Waals surface area (Å²) in [5, 5.41) is 8.71. The summed E-state index contributed by atoms with van der Waals surface area (Å²) in [6, 6.07) is 6.01. The van der Waals surface area contributed by atoms with Crippen molar-refractivity contribution < 1.29 is 9.13 Å². The van der Waals surface area contributed by atoms with Crippen LogP contribution < -0.4 is 4.74 Å². The summed E-state index contributed by atoms with van der Waals surface area (Å²) in [6.45, 7) is 2.01. The standard InChI is InChI=1S/C11H9ClFNO/c1-8(5-12)7-15-11-4-2-3-10(13)9(11)6-14/h2-5H,7H2,1H3/b8-5-. The van der Waals surface area contributed by atoms with E-state index in [2.05, 4.69) is 0 Å². The van der Waals surface area contributed by atoms with Gasteiger partial charge in [0.15, 0.2) is 0 Å². The average molecular weight is 226 g/mol. The lowest BCUT2D eigenvalue weighted by Gasteiger charge is -2.07. The van der Waals surface area contributed by atoms with E-state index in [-0.39, 0.29) is 17.9 Å². The zero-order valence-corrected chi connectivity index (χ0v) is 8.88. The maximum atomic E-state index is 13.1. The van der Waals surface area contributed by atoms with Crippen LogP contribution in [0.3, 0.4) is 0 Å². The van der Waals surface area contributed by atoms with E-state index in [1.165, 1.54) is 17.7 Å². The highest BCUT2D eigenvalue weighted by Gasteiger charge is 2.08. The fourth-order valence-electron chi connectivity index (χ4n) is 0.956. The summed E-state index contributed by atoms with van der Waals surface area (Å²) in [5.41, 5.74) is 2.09. The van der Waals surface area contributed by atoms with Crippen LogP contribution >= 0.6 is 11.6 Å². The summed E-state index contributed by atoms with van der Waals surface area (Å²) in [5.74, 6) is -0.349. The first-order valence-corrected chi connectivity index (χ1v) is 4.70. The van der Waals surface area contributed by atoms with Crippen molar-refractivity contribution in [1.29, 1.82) is 5.26 Å². The number of ether oxygens (including phenoxy) is 1. The molecule has 0 bridgehead atoms. The Morgan fingerprint density at radius 1 is 1.67 bits per heavy atom. The molecule has 0 heterocycles. The summed E-state index contributed by atoms with van der Waals surface area (Å²) >= 11 is 5.44. The van der Waals surface area contributed by atoms with Gasteiger partial charge >= 0.3 is 0 Å². The SMILES string of the molecule is C/C(=C/Cl)COc1cccc(F)c1C#N. The first-order chi connectivity index (χ1) is 7.19. The van der Waals surface area contributed by atoms with E-state index in [1.807, 2.05) is 0 Å². The van der Waals surface area contributed by atoms with Crippen LogP contribution in [0.2, 0.25) is 0 Å². The van der Waals surface area contributed by atoms with Gasteiger partial charge in [0.05, 0.1) is 0 Å². The molecule has 1 aromatic rings. The number of rotatable bonds is 3. The second-order valence-electron chi connectivity index (χ2n) is 2.97. The molecule has 0 aliphatic carbocycles. The van der Waals surface area contributed by atoms with Gasteiger partial charge in [-0.2, -0.15) is 5.26 Å². The number of nitriles is 1. The van der Waals surface area contributed by atoms with Crippen molar-refractivity contribution in [2.24, 2.45) is 0 Å². The molecule has 0 radical (unpaired) electrons. The Kier molecular flexibility index (Phi) is 4.14. The average Bonchev–Trinajstić information content (AvgIpc) is 2.25. The van der Waals surface area contributed by atoms with E-state index in [9.17, 15) is 4.39 Å². The minimum absolute atomic E-state index is 0.0835. The van der Waals surface area contributed by atoms with Gasteiger partial charge in [0.2, 0.25) is 0 Å². The van der Waals surface area contributed by atoms with Gasteiger partial charge in [-0.05, 0) is 24.6 Å². The lowest BCUT2D eigenvalue weighted by Crippen LogP contribution is -2.01. The fraction of sp³-hybridized carbons (Fsp3) is 0.182. The topological polar surface area (TPSA) is 33.0 Å². The van der Waals surface area contributed by atoms with Crippen LogP contribution in [0.5, 0.6) is 5.75 Å². The molecule has 78 valence electrons. The number of benzene rings is 1. The van der Waals surface area contributed by atoms with Crippen LogP contribution in [0.15, 0.2) is 29.3 Å². The van der Waals surface area contributed by atoms with E-state index in [1.54, 1.807) is 19.1 Å². The van der Waals surface area contributed by atoms with Crippen molar-refractivity contribution in [1.82, 2.24) is 0 Å². The van der Waals surface area contributed by atoms with E-state index >= 15 is 0 Å². The molecule has 0 atom stereocenters. The molecule has 0 aromatic heterocycles. The van der Waals surface area contributed by atoms with Crippen LogP contribution in [0.25, 0.3) is 0 Å². The lowest BCUT2D eigenvalue weighted by atomic mass is 10.2. The molecule has 0 unspecified atom stereocenters. The van der Waals surface area contributed by atoms with Crippen LogP contribution in [-0.4, -0.2) is 6.61 Å². The van der Waals surface area contributed by atoms with Gasteiger partial charge in [0, 0.05) is 5.54 Å². The Hall–Kier alpha value is -1.53. The molecule has 0 spiro atoms. The molecule has 0 aliphatic rings. The van der Waals surface area contributed by atoms with Gasteiger partial charge in [0.1, 0.15) is 29.8 Å². The van der Waals surface area contributed by atoms with E-state index < -0.39 is 5.82 Å². The number of hydrogen-bond donors (Lipinski definition) is 0. The number of halogens is 2. The van der Waals surface area contributed by atoms with Gasteiger partial charge in [0.25, 0.3) is 0 Å². The van der Waals surface area contributed by atoms with Crippen LogP contribution in [0.4, 0.5) is 4.39 Å². The Morgan fingerprint density at radius 2 is 2.40 bits per heavy atom. The van der Waals surface area contributed by atoms with Crippen molar-refractivity contribution in [3.63, 3.8) is 0 Å². The number of nitrogens with zero attached hydrogens (tertiary/aromatic N) is 1. The molecule has 4 heteroatoms. The summed E-state index contributed by atoms with van der Waals surface area (Å²) in [7, 11) is 0. The van der Waals surface area contributed by atoms with Gasteiger partial charge in [-0.1, -0.05) is 17.7 Å². The van der Waals surface area contributed by atoms with Gasteiger partial charge < -0.3 is 4.74 Å². The van der Waals surface area contributed by atoms with Gasteiger partial charge in [-0.25, -0.2) is 4.39 Å². The van der Waals surface area contributed by atoms with Crippen LogP contribution in [0, 0.1) is 17.1 Å². The lowest BCUT2D eigenvalue weighted by molar-refractivity contribution is 0.349. The van der Waals surface area contributed by atoms with E-state index in [4.69, 9.17) is 21.6 Å². The van der Waals surface area contributed by atoms with Crippen molar-refractivity contribution in [2.75, 3.05) is 6.61 Å². The van der Waals surface area contributed by atoms with Crippen LogP contribution in [-0.2, 0) is 0 Å². The fourth-order valence-corrected chi connectivity index (χ4v) is 1.02. The Labute approximate surface area is 92.5 Å². The molecule has 15 heavy (non-hydrogen) atoms. The van der Waals surface area contributed by atoms with Crippen molar-refractivity contribution in [3.05, 3.63) is 40.7 Å². The first kappa shape index (κ1) is 11.5. The largest absolute Gasteiger partial charge is 0.488 e. The molecule has 0 saturated carbocycles. The molecule has 1 aromatic carbocycles. The predicted octanol–water partition coefficient (Wildman–Crippen LogP) is 3.22. The third kappa shape index (κ3) is 2.97. The third-order valence-electron chi connectivity index (χ3n) is 1.73. The van der Waals surface area contributed by atoms with Gasteiger partial charge in [-0.3, -0.25) is 0 Å². The molecule has 0 N–H and O–H groups in total. The van der Waals surface area contributed by atoms with Gasteiger partial charge in [-0.15, -0.1) is 0 Å². The van der Waals surface area contributed by atoms with Crippen LogP contribution in [0.1, 0.15) is 12.5 Å². The van der Waals surface area contributed by atoms with E-state index in [0.29, 0.717) is 0 Å². The molecule has 2 nitrogen and oxygen atoms in total. The molecule has 0 aliphatic heterocycles. The highest BCUT2D eigenvalue weighted by atomic mass is 35.5. The van der Waals surface area contributed by atoms with Crippen molar-refractivity contribution in [3.8, 4) is 11.8 Å². The zero-order valence-electron chi connectivity index (χ0n) is 8.13. The molecule has 0 fully saturated rings. The Morgan fingerprint density at radius 3 is 3.00 bits per heavy atom. The maximum Gasteiger partial charge on any atom is 0.144 e. The molecular weight excluding hydrogens is 217 g/mol. The highest BCUT2D eigenvalue weighted by molar-refractivity contribution is 6.25. The Bertz CT molecular complexity index is 423. The summed E-state index contributed by atoms with van der Waals surface area (Å²) < 4.78 is 18.4. The Balaban J connectivity index is 2.87. The molecule has 0 saturated heterocycles. The highest BCUT2D eigenvalue weighted by Crippen LogP contribution is 2.20. The second-order valence-corrected chi connectivity index (χ2v) is 3.19. The van der Waals surface area contributed by atoms with Crippen molar-refractivity contribution >= 4 is 11.6 Å². The number of hydrogen-bond acceptors (Lipinski definition) is 2. The molecule has 0 amide bonds. The second kappa shape index (κ2) is 5.38. The summed E-state index contributed by atoms with van der Waals surface area (Å²) in [6.07, 6.45) is 0. The third-order valence-corrected chi connectivity index (χ3v) is 2.10. The first-order valence-electron chi connectivity index (χ1n) is 4.26. The summed E-state index contributed by atoms with van der Waals surface area (Å²) in [4.78, 5) is 0. The minimum atomic E-state index is -0.581. The normalized spacial score (nSPS) is 10.9. The molecule has 1 rings (SSSR count). The monoisotopic (exact) mass is 225 g/mol. The minimum Gasteiger partial charge on any atom is -0.488 e. The molecular formula is C11H9ClFNO. The predicted molar refractivity (Wildman–Crippen MR) is 56.2 cm³/mol.